The van der Waals surface area contributed by atoms with Crippen molar-refractivity contribution in [3.8, 4) is 0 Å². The van der Waals surface area contributed by atoms with Crippen LogP contribution in [-0.4, -0.2) is 0 Å². The highest BCUT2D eigenvalue weighted by Crippen LogP contribution is 2.27. The summed E-state index contributed by atoms with van der Waals surface area (Å²) in [6.45, 7) is 4.21. The lowest BCUT2D eigenvalue weighted by Crippen LogP contribution is -2.29. The molecule has 100 valence electrons. The van der Waals surface area contributed by atoms with E-state index in [1.54, 1.807) is 0 Å². The second-order valence-corrected chi connectivity index (χ2v) is 5.13. The summed E-state index contributed by atoms with van der Waals surface area (Å²) in [6.07, 6.45) is 1.04. The van der Waals surface area contributed by atoms with Crippen LogP contribution in [-0.2, 0) is 6.42 Å². The van der Waals surface area contributed by atoms with E-state index in [-0.39, 0.29) is 6.04 Å². The molecule has 2 aromatic carbocycles. The number of aryl methyl sites for hydroxylation is 2. The summed E-state index contributed by atoms with van der Waals surface area (Å²) in [4.78, 5) is 0. The fraction of sp³-hybridized carbons (Fsp3) is 0.250. The Kier molecular flexibility index (Phi) is 4.59. The van der Waals surface area contributed by atoms with Crippen molar-refractivity contribution < 1.29 is 0 Å². The van der Waals surface area contributed by atoms with Crippen LogP contribution in [0.25, 0.3) is 0 Å². The lowest BCUT2D eigenvalue weighted by atomic mass is 9.94. The lowest BCUT2D eigenvalue weighted by Gasteiger charge is -2.19. The molecule has 0 aromatic heterocycles. The maximum absolute atomic E-state index is 6.08. The van der Waals surface area contributed by atoms with Crippen molar-refractivity contribution in [2.24, 2.45) is 5.84 Å². The molecular weight excluding hydrogens is 256 g/mol. The Hall–Kier alpha value is -1.35. The second kappa shape index (κ2) is 6.20. The summed E-state index contributed by atoms with van der Waals surface area (Å²) in [7, 11) is 0. The number of nitrogens with one attached hydrogen (secondary N) is 1. The normalized spacial score (nSPS) is 12.4. The van der Waals surface area contributed by atoms with Gasteiger partial charge in [0.1, 0.15) is 0 Å². The zero-order chi connectivity index (χ0) is 13.8. The highest BCUT2D eigenvalue weighted by molar-refractivity contribution is 6.30. The van der Waals surface area contributed by atoms with Crippen LogP contribution >= 0.6 is 11.6 Å². The largest absolute Gasteiger partial charge is 0.271 e. The number of rotatable bonds is 4. The third-order valence-corrected chi connectivity index (χ3v) is 3.68. The van der Waals surface area contributed by atoms with Crippen LogP contribution in [0.4, 0.5) is 0 Å². The first-order valence-electron chi connectivity index (χ1n) is 6.46. The van der Waals surface area contributed by atoms with Crippen molar-refractivity contribution in [1.82, 2.24) is 5.43 Å². The molecule has 3 N–H and O–H groups in total. The first-order valence-corrected chi connectivity index (χ1v) is 6.84. The van der Waals surface area contributed by atoms with Gasteiger partial charge in [0, 0.05) is 5.02 Å². The molecule has 2 nitrogen and oxygen atoms in total. The Bertz CT molecular complexity index is 549. The first kappa shape index (κ1) is 14.1. The van der Waals surface area contributed by atoms with Crippen molar-refractivity contribution in [2.45, 2.75) is 26.3 Å². The molecule has 1 unspecified atom stereocenters. The second-order valence-electron chi connectivity index (χ2n) is 4.70. The average molecular weight is 275 g/mol. The smallest absolute Gasteiger partial charge is 0.0713 e. The SMILES string of the molecule is CCc1ccc(C(NN)c2cc(Cl)ccc2C)cc1. The van der Waals surface area contributed by atoms with Crippen molar-refractivity contribution in [1.29, 1.82) is 0 Å². The first-order chi connectivity index (χ1) is 9.15. The van der Waals surface area contributed by atoms with Crippen molar-refractivity contribution in [3.05, 3.63) is 69.7 Å². The van der Waals surface area contributed by atoms with Gasteiger partial charge >= 0.3 is 0 Å². The predicted octanol–water partition coefficient (Wildman–Crippen LogP) is 3.76. The monoisotopic (exact) mass is 274 g/mol. The minimum atomic E-state index is -0.0374. The zero-order valence-electron chi connectivity index (χ0n) is 11.3. The van der Waals surface area contributed by atoms with Crippen molar-refractivity contribution in [3.63, 3.8) is 0 Å². The van der Waals surface area contributed by atoms with E-state index < -0.39 is 0 Å². The molecule has 0 aliphatic heterocycles. The van der Waals surface area contributed by atoms with Crippen LogP contribution < -0.4 is 11.3 Å². The Morgan fingerprint density at radius 3 is 2.42 bits per heavy atom. The highest BCUT2D eigenvalue weighted by atomic mass is 35.5. The number of hydrazine groups is 1. The van der Waals surface area contributed by atoms with Gasteiger partial charge in [-0.1, -0.05) is 48.9 Å². The van der Waals surface area contributed by atoms with E-state index >= 15 is 0 Å². The van der Waals surface area contributed by atoms with Gasteiger partial charge < -0.3 is 0 Å². The van der Waals surface area contributed by atoms with E-state index in [1.165, 1.54) is 11.1 Å². The predicted molar refractivity (Wildman–Crippen MR) is 81.2 cm³/mol. The maximum atomic E-state index is 6.08. The van der Waals surface area contributed by atoms with Gasteiger partial charge in [-0.2, -0.15) is 0 Å². The van der Waals surface area contributed by atoms with Gasteiger partial charge in [0.25, 0.3) is 0 Å². The molecule has 0 saturated carbocycles. The quantitative estimate of drug-likeness (QED) is 0.658. The standard InChI is InChI=1S/C16H19ClN2/c1-3-12-5-7-13(8-6-12)16(19-18)15-10-14(17)9-4-11(15)2/h4-10,16,19H,3,18H2,1-2H3. The molecule has 19 heavy (non-hydrogen) atoms. The molecule has 1 atom stereocenters. The molecule has 2 rings (SSSR count). The molecule has 0 radical (unpaired) electrons. The molecule has 0 saturated heterocycles. The van der Waals surface area contributed by atoms with E-state index in [4.69, 9.17) is 17.4 Å². The molecule has 3 heteroatoms. The number of hydrogen-bond acceptors (Lipinski definition) is 2. The number of halogens is 1. The highest BCUT2D eigenvalue weighted by Gasteiger charge is 2.14. The fourth-order valence-electron chi connectivity index (χ4n) is 2.23. The summed E-state index contributed by atoms with van der Waals surface area (Å²) in [5, 5.41) is 0.728. The van der Waals surface area contributed by atoms with Gasteiger partial charge in [0.05, 0.1) is 6.04 Å². The van der Waals surface area contributed by atoms with Crippen LogP contribution in [0.5, 0.6) is 0 Å². The molecule has 2 aromatic rings. The molecule has 0 aliphatic rings. The van der Waals surface area contributed by atoms with Crippen LogP contribution in [0.1, 0.15) is 35.2 Å². The lowest BCUT2D eigenvalue weighted by molar-refractivity contribution is 0.633. The summed E-state index contributed by atoms with van der Waals surface area (Å²) in [5.74, 6) is 5.73. The van der Waals surface area contributed by atoms with E-state index in [0.29, 0.717) is 0 Å². The molecule has 0 heterocycles. The Balaban J connectivity index is 2.40. The topological polar surface area (TPSA) is 38.0 Å². The minimum Gasteiger partial charge on any atom is -0.271 e. The van der Waals surface area contributed by atoms with Gasteiger partial charge in [0.2, 0.25) is 0 Å². The fourth-order valence-corrected chi connectivity index (χ4v) is 2.41. The molecule has 0 spiro atoms. The molecular formula is C16H19ClN2. The van der Waals surface area contributed by atoms with Crippen molar-refractivity contribution in [2.75, 3.05) is 0 Å². The van der Waals surface area contributed by atoms with E-state index in [9.17, 15) is 0 Å². The van der Waals surface area contributed by atoms with Gasteiger partial charge in [-0.3, -0.25) is 5.84 Å². The summed E-state index contributed by atoms with van der Waals surface area (Å²) < 4.78 is 0. The average Bonchev–Trinajstić information content (AvgIpc) is 2.44. The Labute approximate surface area is 119 Å². The molecule has 0 amide bonds. The van der Waals surface area contributed by atoms with Crippen molar-refractivity contribution >= 4 is 11.6 Å². The number of hydrogen-bond donors (Lipinski definition) is 2. The van der Waals surface area contributed by atoms with Crippen LogP contribution in [0.15, 0.2) is 42.5 Å². The minimum absolute atomic E-state index is 0.0374. The van der Waals surface area contributed by atoms with Gasteiger partial charge in [-0.25, -0.2) is 5.43 Å². The summed E-state index contributed by atoms with van der Waals surface area (Å²) >= 11 is 6.08. The van der Waals surface area contributed by atoms with E-state index in [0.717, 1.165) is 22.6 Å². The van der Waals surface area contributed by atoms with E-state index in [1.807, 2.05) is 18.2 Å². The zero-order valence-corrected chi connectivity index (χ0v) is 12.0. The molecule has 0 aliphatic carbocycles. The summed E-state index contributed by atoms with van der Waals surface area (Å²) in [5.41, 5.74) is 7.63. The van der Waals surface area contributed by atoms with Gasteiger partial charge in [0.15, 0.2) is 0 Å². The third-order valence-electron chi connectivity index (χ3n) is 3.44. The van der Waals surface area contributed by atoms with Gasteiger partial charge in [-0.05, 0) is 47.7 Å². The van der Waals surface area contributed by atoms with Gasteiger partial charge in [-0.15, -0.1) is 0 Å². The van der Waals surface area contributed by atoms with Crippen LogP contribution in [0, 0.1) is 6.92 Å². The maximum Gasteiger partial charge on any atom is 0.0713 e. The molecule has 0 fully saturated rings. The Morgan fingerprint density at radius 1 is 1.16 bits per heavy atom. The van der Waals surface area contributed by atoms with Crippen LogP contribution in [0.3, 0.4) is 0 Å². The summed E-state index contributed by atoms with van der Waals surface area (Å²) in [6, 6.07) is 14.3. The van der Waals surface area contributed by atoms with Crippen LogP contribution in [0.2, 0.25) is 5.02 Å². The Morgan fingerprint density at radius 2 is 1.84 bits per heavy atom. The number of benzene rings is 2. The molecule has 0 bridgehead atoms. The third kappa shape index (κ3) is 3.16. The van der Waals surface area contributed by atoms with E-state index in [2.05, 4.69) is 43.5 Å². The number of nitrogens with two attached hydrogens (primary N) is 1.